The Bertz CT molecular complexity index is 358. The number of hydrogen-bond acceptors (Lipinski definition) is 4. The van der Waals surface area contributed by atoms with E-state index < -0.39 is 25.0 Å². The first-order chi connectivity index (χ1) is 7.19. The third-order valence-corrected chi connectivity index (χ3v) is 1.85. The smallest absolute Gasteiger partial charge is 0.253 e. The normalized spacial score (nSPS) is 9.73. The van der Waals surface area contributed by atoms with Gasteiger partial charge in [0.1, 0.15) is 13.3 Å². The molecule has 0 heterocycles. The first kappa shape index (κ1) is 11.4. The summed E-state index contributed by atoms with van der Waals surface area (Å²) in [6.45, 7) is -0.988. The largest absolute Gasteiger partial charge is 0.388 e. The minimum atomic E-state index is -0.553. The number of carbonyl (C=O) groups is 2. The number of aliphatic hydroxyl groups excluding tert-OH is 2. The van der Waals surface area contributed by atoms with Gasteiger partial charge in [-0.2, -0.15) is 0 Å². The van der Waals surface area contributed by atoms with Crippen LogP contribution in [-0.2, 0) is 0 Å². The molecule has 5 nitrogen and oxygen atoms in total. The lowest BCUT2D eigenvalue weighted by Gasteiger charge is -2.02. The molecule has 0 aliphatic rings. The Labute approximate surface area is 86.4 Å². The lowest BCUT2D eigenvalue weighted by atomic mass is 10.1. The van der Waals surface area contributed by atoms with Crippen LogP contribution in [0.5, 0.6) is 0 Å². The van der Waals surface area contributed by atoms with E-state index in [-0.39, 0.29) is 0 Å². The minimum Gasteiger partial charge on any atom is -0.388 e. The van der Waals surface area contributed by atoms with Gasteiger partial charge >= 0.3 is 0 Å². The zero-order valence-electron chi connectivity index (χ0n) is 7.93. The van der Waals surface area contributed by atoms with Crippen LogP contribution in [0.2, 0.25) is 0 Å². The van der Waals surface area contributed by atoms with Crippen LogP contribution in [0.15, 0.2) is 24.3 Å². The van der Waals surface area contributed by atoms with Gasteiger partial charge in [-0.05, 0) is 12.1 Å². The maximum absolute atomic E-state index is 11.2. The van der Waals surface area contributed by atoms with E-state index in [0.29, 0.717) is 11.1 Å². The Balaban J connectivity index is 2.80. The summed E-state index contributed by atoms with van der Waals surface area (Å²) in [6.07, 6.45) is 0. The third-order valence-electron chi connectivity index (χ3n) is 1.85. The number of amides is 1. The van der Waals surface area contributed by atoms with Crippen molar-refractivity contribution in [3.05, 3.63) is 35.4 Å². The van der Waals surface area contributed by atoms with E-state index in [1.54, 1.807) is 0 Å². The quantitative estimate of drug-likeness (QED) is 0.462. The van der Waals surface area contributed by atoms with Gasteiger partial charge in [0.25, 0.3) is 5.91 Å². The molecule has 0 spiro atoms. The highest BCUT2D eigenvalue weighted by molar-refractivity contribution is 5.99. The van der Waals surface area contributed by atoms with Crippen molar-refractivity contribution in [1.82, 2.24) is 5.32 Å². The van der Waals surface area contributed by atoms with E-state index in [2.05, 4.69) is 5.32 Å². The Morgan fingerprint density at radius 1 is 1.07 bits per heavy atom. The van der Waals surface area contributed by atoms with Crippen molar-refractivity contribution in [1.29, 1.82) is 0 Å². The summed E-state index contributed by atoms with van der Waals surface area (Å²) >= 11 is 0. The molecule has 0 saturated heterocycles. The van der Waals surface area contributed by atoms with Crippen molar-refractivity contribution in [2.24, 2.45) is 0 Å². The maximum atomic E-state index is 11.2. The molecular weight excluding hydrogens is 198 g/mol. The van der Waals surface area contributed by atoms with Gasteiger partial charge in [-0.15, -0.1) is 0 Å². The van der Waals surface area contributed by atoms with Crippen LogP contribution in [0.1, 0.15) is 20.7 Å². The number of aliphatic hydroxyl groups is 2. The number of ketones is 1. The fraction of sp³-hybridized carbons (Fsp3) is 0.200. The number of Topliss-reactive ketones (excluding diaryl/α,β-unsaturated/α-hetero) is 1. The van der Waals surface area contributed by atoms with Crippen molar-refractivity contribution < 1.29 is 19.8 Å². The van der Waals surface area contributed by atoms with E-state index in [1.165, 1.54) is 24.3 Å². The molecule has 3 N–H and O–H groups in total. The van der Waals surface area contributed by atoms with Crippen LogP contribution in [0.25, 0.3) is 0 Å². The van der Waals surface area contributed by atoms with Crippen LogP contribution in [0.3, 0.4) is 0 Å². The van der Waals surface area contributed by atoms with Gasteiger partial charge in [-0.1, -0.05) is 12.1 Å². The standard InChI is InChI=1S/C10H11NO4/c12-5-9(14)7-1-3-8(4-2-7)10(15)11-6-13/h1-4,12-13H,5-6H2,(H,11,15). The van der Waals surface area contributed by atoms with Gasteiger partial charge in [0, 0.05) is 11.1 Å². The molecule has 80 valence electrons. The van der Waals surface area contributed by atoms with Crippen molar-refractivity contribution in [2.45, 2.75) is 0 Å². The fourth-order valence-electron chi connectivity index (χ4n) is 1.07. The molecule has 15 heavy (non-hydrogen) atoms. The average molecular weight is 209 g/mol. The highest BCUT2D eigenvalue weighted by Crippen LogP contribution is 2.04. The monoisotopic (exact) mass is 209 g/mol. The topological polar surface area (TPSA) is 86.6 Å². The third kappa shape index (κ3) is 2.87. The van der Waals surface area contributed by atoms with E-state index in [0.717, 1.165) is 0 Å². The van der Waals surface area contributed by atoms with Crippen molar-refractivity contribution >= 4 is 11.7 Å². The highest BCUT2D eigenvalue weighted by atomic mass is 16.3. The van der Waals surface area contributed by atoms with E-state index in [4.69, 9.17) is 10.2 Å². The second-order valence-electron chi connectivity index (χ2n) is 2.82. The van der Waals surface area contributed by atoms with Gasteiger partial charge in [-0.3, -0.25) is 9.59 Å². The summed E-state index contributed by atoms with van der Waals surface area (Å²) in [4.78, 5) is 22.2. The number of benzene rings is 1. The zero-order valence-corrected chi connectivity index (χ0v) is 7.93. The number of rotatable bonds is 4. The lowest BCUT2D eigenvalue weighted by Crippen LogP contribution is -2.24. The Morgan fingerprint density at radius 3 is 2.07 bits per heavy atom. The summed E-state index contributed by atoms with van der Waals surface area (Å²) in [6, 6.07) is 5.80. The van der Waals surface area contributed by atoms with Crippen LogP contribution >= 0.6 is 0 Å². The van der Waals surface area contributed by atoms with Crippen LogP contribution in [-0.4, -0.2) is 35.2 Å². The molecule has 1 aromatic rings. The van der Waals surface area contributed by atoms with E-state index in [1.807, 2.05) is 0 Å². The molecule has 0 aromatic heterocycles. The molecule has 0 unspecified atom stereocenters. The zero-order chi connectivity index (χ0) is 11.3. The average Bonchev–Trinajstić information content (AvgIpc) is 2.28. The number of carbonyl (C=O) groups excluding carboxylic acids is 2. The van der Waals surface area contributed by atoms with E-state index >= 15 is 0 Å². The Kier molecular flexibility index (Phi) is 3.96. The van der Waals surface area contributed by atoms with Crippen molar-refractivity contribution in [3.63, 3.8) is 0 Å². The molecule has 1 aromatic carbocycles. The molecule has 0 radical (unpaired) electrons. The molecule has 0 bridgehead atoms. The van der Waals surface area contributed by atoms with Gasteiger partial charge in [0.15, 0.2) is 5.78 Å². The molecule has 0 atom stereocenters. The van der Waals surface area contributed by atoms with Crippen LogP contribution in [0.4, 0.5) is 0 Å². The summed E-state index contributed by atoms with van der Waals surface area (Å²) in [7, 11) is 0. The van der Waals surface area contributed by atoms with Gasteiger partial charge in [-0.25, -0.2) is 0 Å². The Morgan fingerprint density at radius 2 is 1.60 bits per heavy atom. The summed E-state index contributed by atoms with van der Waals surface area (Å²) in [5, 5.41) is 19.3. The molecular formula is C10H11NO4. The first-order valence-electron chi connectivity index (χ1n) is 4.32. The summed E-state index contributed by atoms with van der Waals surface area (Å²) in [5.41, 5.74) is 0.691. The van der Waals surface area contributed by atoms with Crippen molar-refractivity contribution in [2.75, 3.05) is 13.3 Å². The predicted octanol–water partition coefficient (Wildman–Crippen LogP) is -0.459. The minimum absolute atomic E-state index is 0.345. The fourth-order valence-corrected chi connectivity index (χ4v) is 1.07. The van der Waals surface area contributed by atoms with Crippen LogP contribution in [0, 0.1) is 0 Å². The Hall–Kier alpha value is -1.72. The number of nitrogens with one attached hydrogen (secondary N) is 1. The van der Waals surface area contributed by atoms with Gasteiger partial charge in [0.05, 0.1) is 0 Å². The molecule has 0 fully saturated rings. The van der Waals surface area contributed by atoms with E-state index in [9.17, 15) is 9.59 Å². The molecule has 1 amide bonds. The maximum Gasteiger partial charge on any atom is 0.253 e. The first-order valence-corrected chi connectivity index (χ1v) is 4.32. The second kappa shape index (κ2) is 5.23. The molecule has 0 aliphatic heterocycles. The highest BCUT2D eigenvalue weighted by Gasteiger charge is 2.07. The van der Waals surface area contributed by atoms with Gasteiger partial charge < -0.3 is 15.5 Å². The summed E-state index contributed by atoms with van der Waals surface area (Å²) in [5.74, 6) is -0.815. The molecule has 1 rings (SSSR count). The van der Waals surface area contributed by atoms with Crippen molar-refractivity contribution in [3.8, 4) is 0 Å². The molecule has 5 heteroatoms. The predicted molar refractivity (Wildman–Crippen MR) is 52.4 cm³/mol. The van der Waals surface area contributed by atoms with Gasteiger partial charge in [0.2, 0.25) is 0 Å². The lowest BCUT2D eigenvalue weighted by molar-refractivity contribution is 0.0895. The SMILES string of the molecule is O=C(CO)c1ccc(C(=O)NCO)cc1. The summed E-state index contributed by atoms with van der Waals surface area (Å²) < 4.78 is 0. The number of hydrogen-bond donors (Lipinski definition) is 3. The van der Waals surface area contributed by atoms with Crippen LogP contribution < -0.4 is 5.32 Å². The second-order valence-corrected chi connectivity index (χ2v) is 2.82. The molecule has 0 saturated carbocycles. The molecule has 0 aliphatic carbocycles.